The molecule has 5 heteroatoms. The summed E-state index contributed by atoms with van der Waals surface area (Å²) in [7, 11) is 4.79. The molecule has 1 atom stereocenters. The number of nitrogens with zero attached hydrogens (tertiary/aromatic N) is 2. The van der Waals surface area contributed by atoms with Crippen LogP contribution in [0, 0.1) is 0 Å². The summed E-state index contributed by atoms with van der Waals surface area (Å²) in [5, 5.41) is 0. The third-order valence-electron chi connectivity index (χ3n) is 3.10. The highest BCUT2D eigenvalue weighted by molar-refractivity contribution is 5.60. The largest absolute Gasteiger partial charge is 0.481 e. The average Bonchev–Trinajstić information content (AvgIpc) is 2.53. The Morgan fingerprint density at radius 2 is 1.65 bits per heavy atom. The van der Waals surface area contributed by atoms with Crippen molar-refractivity contribution in [3.8, 4) is 23.1 Å². The minimum atomic E-state index is 0.0681. The fourth-order valence-electron chi connectivity index (χ4n) is 1.81. The lowest BCUT2D eigenvalue weighted by molar-refractivity contribution is 0.119. The van der Waals surface area contributed by atoms with Gasteiger partial charge in [0.1, 0.15) is 0 Å². The first-order chi connectivity index (χ1) is 9.67. The van der Waals surface area contributed by atoms with Gasteiger partial charge in [0, 0.05) is 18.7 Å². The van der Waals surface area contributed by atoms with Gasteiger partial charge in [0.25, 0.3) is 0 Å². The van der Waals surface area contributed by atoms with Crippen molar-refractivity contribution in [2.75, 3.05) is 21.3 Å². The molecule has 0 N–H and O–H groups in total. The van der Waals surface area contributed by atoms with E-state index in [0.29, 0.717) is 5.88 Å². The van der Waals surface area contributed by atoms with Gasteiger partial charge in [0.2, 0.25) is 5.88 Å². The van der Waals surface area contributed by atoms with Crippen molar-refractivity contribution >= 4 is 0 Å². The minimum absolute atomic E-state index is 0.0681. The van der Waals surface area contributed by atoms with Crippen molar-refractivity contribution in [1.82, 2.24) is 9.97 Å². The van der Waals surface area contributed by atoms with Crippen LogP contribution in [0.5, 0.6) is 11.9 Å². The Balaban J connectivity index is 2.35. The maximum Gasteiger partial charge on any atom is 0.320 e. The second-order valence-electron chi connectivity index (χ2n) is 4.28. The summed E-state index contributed by atoms with van der Waals surface area (Å²) < 4.78 is 15.5. The Hall–Kier alpha value is -2.14. The fourth-order valence-corrected chi connectivity index (χ4v) is 1.81. The van der Waals surface area contributed by atoms with Crippen LogP contribution in [-0.4, -0.2) is 31.3 Å². The van der Waals surface area contributed by atoms with Gasteiger partial charge in [-0.2, -0.15) is 9.97 Å². The number of benzene rings is 1. The monoisotopic (exact) mass is 274 g/mol. The summed E-state index contributed by atoms with van der Waals surface area (Å²) >= 11 is 0. The Kier molecular flexibility index (Phi) is 4.53. The van der Waals surface area contributed by atoms with Crippen molar-refractivity contribution < 1.29 is 14.2 Å². The van der Waals surface area contributed by atoms with Gasteiger partial charge >= 0.3 is 6.01 Å². The first kappa shape index (κ1) is 14.3. The van der Waals surface area contributed by atoms with Crippen LogP contribution in [0.2, 0.25) is 0 Å². The van der Waals surface area contributed by atoms with Gasteiger partial charge in [0.15, 0.2) is 0 Å². The van der Waals surface area contributed by atoms with Crippen LogP contribution in [0.3, 0.4) is 0 Å². The second-order valence-corrected chi connectivity index (χ2v) is 4.28. The van der Waals surface area contributed by atoms with Crippen LogP contribution in [0.4, 0.5) is 0 Å². The molecule has 2 aromatic rings. The zero-order valence-corrected chi connectivity index (χ0v) is 12.1. The van der Waals surface area contributed by atoms with E-state index in [1.165, 1.54) is 7.11 Å². The van der Waals surface area contributed by atoms with E-state index in [9.17, 15) is 0 Å². The zero-order valence-electron chi connectivity index (χ0n) is 12.1. The van der Waals surface area contributed by atoms with Gasteiger partial charge in [-0.05, 0) is 12.5 Å². The van der Waals surface area contributed by atoms with Crippen LogP contribution in [0.25, 0.3) is 11.3 Å². The molecule has 2 rings (SSSR count). The molecule has 0 fully saturated rings. The Morgan fingerprint density at radius 1 is 0.950 bits per heavy atom. The molecule has 0 aliphatic rings. The van der Waals surface area contributed by atoms with Crippen LogP contribution >= 0.6 is 0 Å². The molecule has 106 valence electrons. The lowest BCUT2D eigenvalue weighted by Gasteiger charge is -2.11. The first-order valence-corrected chi connectivity index (χ1v) is 6.28. The topological polar surface area (TPSA) is 53.5 Å². The molecule has 0 bridgehead atoms. The molecule has 1 aromatic carbocycles. The van der Waals surface area contributed by atoms with E-state index in [-0.39, 0.29) is 12.1 Å². The number of rotatable bonds is 5. The SMILES string of the molecule is COc1cc(-c2ccc(C(C)OC)cc2)nc(OC)n1. The van der Waals surface area contributed by atoms with Gasteiger partial charge in [-0.1, -0.05) is 24.3 Å². The highest BCUT2D eigenvalue weighted by Gasteiger charge is 2.09. The maximum atomic E-state index is 5.29. The van der Waals surface area contributed by atoms with Crippen LogP contribution in [0.15, 0.2) is 30.3 Å². The molecule has 0 spiro atoms. The fraction of sp³-hybridized carbons (Fsp3) is 0.333. The summed E-state index contributed by atoms with van der Waals surface area (Å²) in [5.41, 5.74) is 2.84. The van der Waals surface area contributed by atoms with Crippen molar-refractivity contribution in [2.24, 2.45) is 0 Å². The lowest BCUT2D eigenvalue weighted by atomic mass is 10.1. The summed E-state index contributed by atoms with van der Waals surface area (Å²) in [6.07, 6.45) is 0.0681. The van der Waals surface area contributed by atoms with E-state index in [2.05, 4.69) is 9.97 Å². The van der Waals surface area contributed by atoms with Crippen LogP contribution in [0.1, 0.15) is 18.6 Å². The summed E-state index contributed by atoms with van der Waals surface area (Å²) in [6.45, 7) is 2.01. The molecule has 1 heterocycles. The Labute approximate surface area is 118 Å². The van der Waals surface area contributed by atoms with Gasteiger partial charge < -0.3 is 14.2 Å². The predicted octanol–water partition coefficient (Wildman–Crippen LogP) is 2.87. The molecule has 0 aliphatic heterocycles. The van der Waals surface area contributed by atoms with Crippen molar-refractivity contribution in [2.45, 2.75) is 13.0 Å². The molecule has 20 heavy (non-hydrogen) atoms. The number of hydrogen-bond acceptors (Lipinski definition) is 5. The van der Waals surface area contributed by atoms with Crippen molar-refractivity contribution in [3.63, 3.8) is 0 Å². The summed E-state index contributed by atoms with van der Waals surface area (Å²) in [6, 6.07) is 10.1. The molecule has 1 aromatic heterocycles. The lowest BCUT2D eigenvalue weighted by Crippen LogP contribution is -1.98. The third-order valence-corrected chi connectivity index (χ3v) is 3.10. The average molecular weight is 274 g/mol. The molecule has 5 nitrogen and oxygen atoms in total. The van der Waals surface area contributed by atoms with E-state index in [1.807, 2.05) is 31.2 Å². The molecular formula is C15H18N2O3. The molecule has 0 amide bonds. The van der Waals surface area contributed by atoms with Crippen LogP contribution in [-0.2, 0) is 4.74 Å². The Morgan fingerprint density at radius 3 is 2.20 bits per heavy atom. The highest BCUT2D eigenvalue weighted by Crippen LogP contribution is 2.25. The van der Waals surface area contributed by atoms with Gasteiger partial charge in [-0.15, -0.1) is 0 Å². The van der Waals surface area contributed by atoms with E-state index in [0.717, 1.165) is 16.8 Å². The van der Waals surface area contributed by atoms with Crippen molar-refractivity contribution in [3.05, 3.63) is 35.9 Å². The smallest absolute Gasteiger partial charge is 0.320 e. The standard InChI is InChI=1S/C15H18N2O3/c1-10(18-2)11-5-7-12(8-6-11)13-9-14(19-3)17-15(16-13)20-4/h5-10H,1-4H3. The molecule has 0 saturated heterocycles. The van der Waals surface area contributed by atoms with Crippen LogP contribution < -0.4 is 9.47 Å². The van der Waals surface area contributed by atoms with E-state index in [1.54, 1.807) is 20.3 Å². The van der Waals surface area contributed by atoms with E-state index >= 15 is 0 Å². The molecular weight excluding hydrogens is 256 g/mol. The summed E-state index contributed by atoms with van der Waals surface area (Å²) in [4.78, 5) is 8.40. The van der Waals surface area contributed by atoms with Gasteiger partial charge in [-0.3, -0.25) is 0 Å². The number of ether oxygens (including phenoxy) is 3. The maximum absolute atomic E-state index is 5.29. The zero-order chi connectivity index (χ0) is 14.5. The van der Waals surface area contributed by atoms with Crippen molar-refractivity contribution in [1.29, 1.82) is 0 Å². The van der Waals surface area contributed by atoms with Gasteiger partial charge in [0.05, 0.1) is 26.0 Å². The quantitative estimate of drug-likeness (QED) is 0.839. The molecule has 0 saturated carbocycles. The molecule has 0 aliphatic carbocycles. The van der Waals surface area contributed by atoms with Gasteiger partial charge in [-0.25, -0.2) is 0 Å². The number of methoxy groups -OCH3 is 3. The molecule has 1 unspecified atom stereocenters. The summed E-state index contributed by atoms with van der Waals surface area (Å²) in [5.74, 6) is 0.473. The molecule has 0 radical (unpaired) electrons. The second kappa shape index (κ2) is 6.34. The van der Waals surface area contributed by atoms with E-state index < -0.39 is 0 Å². The van der Waals surface area contributed by atoms with E-state index in [4.69, 9.17) is 14.2 Å². The predicted molar refractivity (Wildman–Crippen MR) is 76.0 cm³/mol. The minimum Gasteiger partial charge on any atom is -0.481 e. The normalized spacial score (nSPS) is 12.0. The highest BCUT2D eigenvalue weighted by atomic mass is 16.5. The number of hydrogen-bond donors (Lipinski definition) is 0. The first-order valence-electron chi connectivity index (χ1n) is 6.28. The Bertz CT molecular complexity index is 548. The third kappa shape index (κ3) is 3.05. The number of aromatic nitrogens is 2.